The number of H-pyrrole nitrogens is 1. The molecule has 1 fully saturated rings. The second-order valence-electron chi connectivity index (χ2n) is 6.45. The van der Waals surface area contributed by atoms with E-state index in [0.717, 1.165) is 37.2 Å². The molecule has 0 unspecified atom stereocenters. The van der Waals surface area contributed by atoms with Crippen LogP contribution in [0.5, 0.6) is 0 Å². The first-order valence-corrected chi connectivity index (χ1v) is 9.67. The molecule has 2 aliphatic rings. The van der Waals surface area contributed by atoms with Crippen LogP contribution in [-0.2, 0) is 17.8 Å². The quantitative estimate of drug-likeness (QED) is 0.820. The molecule has 0 bridgehead atoms. The average Bonchev–Trinajstić information content (AvgIpc) is 3.35. The number of nitrogens with one attached hydrogen (secondary N) is 2. The summed E-state index contributed by atoms with van der Waals surface area (Å²) in [4.78, 5) is 24.0. The number of imidazole rings is 1. The highest BCUT2D eigenvalue weighted by molar-refractivity contribution is 7.98. The Morgan fingerprint density at radius 1 is 1.33 bits per heavy atom. The van der Waals surface area contributed by atoms with E-state index in [1.165, 1.54) is 10.5 Å². The molecule has 1 saturated carbocycles. The number of hydrogen-bond acceptors (Lipinski definition) is 4. The Hall–Kier alpha value is -1.79. The number of carbonyl (C=O) groups is 1. The lowest BCUT2D eigenvalue weighted by atomic mass is 10.0. The molecule has 5 nitrogen and oxygen atoms in total. The van der Waals surface area contributed by atoms with Gasteiger partial charge in [-0.1, -0.05) is 12.1 Å². The first kappa shape index (κ1) is 15.7. The van der Waals surface area contributed by atoms with Crippen LogP contribution in [0.3, 0.4) is 0 Å². The van der Waals surface area contributed by atoms with Gasteiger partial charge in [0.05, 0.1) is 12.0 Å². The lowest BCUT2D eigenvalue weighted by Crippen LogP contribution is -2.44. The third-order valence-electron chi connectivity index (χ3n) is 4.78. The molecule has 0 saturated heterocycles. The first-order valence-electron chi connectivity index (χ1n) is 8.45. The number of thioether (sulfide) groups is 1. The minimum absolute atomic E-state index is 0.152. The topological polar surface area (TPSA) is 61.0 Å². The molecule has 2 heterocycles. The molecule has 1 amide bonds. The molecule has 1 aliphatic heterocycles. The Morgan fingerprint density at radius 3 is 2.83 bits per heavy atom. The van der Waals surface area contributed by atoms with Gasteiger partial charge in [0.25, 0.3) is 0 Å². The zero-order valence-corrected chi connectivity index (χ0v) is 14.6. The summed E-state index contributed by atoms with van der Waals surface area (Å²) >= 11 is 1.74. The summed E-state index contributed by atoms with van der Waals surface area (Å²) in [5, 5.41) is 3.35. The van der Waals surface area contributed by atoms with E-state index in [4.69, 9.17) is 0 Å². The van der Waals surface area contributed by atoms with Gasteiger partial charge >= 0.3 is 0 Å². The fourth-order valence-electron chi connectivity index (χ4n) is 3.29. The predicted octanol–water partition coefficient (Wildman–Crippen LogP) is 2.51. The summed E-state index contributed by atoms with van der Waals surface area (Å²) in [6.45, 7) is 1.49. The van der Waals surface area contributed by atoms with E-state index in [1.54, 1.807) is 18.1 Å². The SMILES string of the molecule is CSc1ccc(CN(C(=O)[C@H]2NCCc3[nH]cnc32)C2CC2)cc1. The molecular weight excluding hydrogens is 320 g/mol. The summed E-state index contributed by atoms with van der Waals surface area (Å²) in [5.74, 6) is 0.152. The van der Waals surface area contributed by atoms with Crippen molar-refractivity contribution in [2.24, 2.45) is 0 Å². The van der Waals surface area contributed by atoms with E-state index < -0.39 is 0 Å². The molecule has 0 spiro atoms. The zero-order valence-electron chi connectivity index (χ0n) is 13.8. The van der Waals surface area contributed by atoms with Crippen molar-refractivity contribution in [2.45, 2.75) is 42.8 Å². The summed E-state index contributed by atoms with van der Waals surface area (Å²) in [7, 11) is 0. The van der Waals surface area contributed by atoms with Crippen LogP contribution < -0.4 is 5.32 Å². The van der Waals surface area contributed by atoms with Crippen LogP contribution >= 0.6 is 11.8 Å². The molecule has 126 valence electrons. The van der Waals surface area contributed by atoms with Gasteiger partial charge in [0.1, 0.15) is 6.04 Å². The number of amides is 1. The number of hydrogen-bond donors (Lipinski definition) is 2. The van der Waals surface area contributed by atoms with Crippen LogP contribution in [0.4, 0.5) is 0 Å². The molecule has 24 heavy (non-hydrogen) atoms. The average molecular weight is 342 g/mol. The van der Waals surface area contributed by atoms with Gasteiger partial charge in [-0.25, -0.2) is 4.98 Å². The normalized spacial score (nSPS) is 19.8. The van der Waals surface area contributed by atoms with E-state index in [9.17, 15) is 4.79 Å². The lowest BCUT2D eigenvalue weighted by Gasteiger charge is -2.30. The van der Waals surface area contributed by atoms with E-state index in [1.807, 2.05) is 4.90 Å². The Labute approximate surface area is 146 Å². The molecule has 4 rings (SSSR count). The fourth-order valence-corrected chi connectivity index (χ4v) is 3.70. The number of benzene rings is 1. The maximum Gasteiger partial charge on any atom is 0.246 e. The highest BCUT2D eigenvalue weighted by atomic mass is 32.2. The Bertz CT molecular complexity index is 723. The number of nitrogens with zero attached hydrogens (tertiary/aromatic N) is 2. The van der Waals surface area contributed by atoms with Crippen molar-refractivity contribution < 1.29 is 4.79 Å². The fraction of sp³-hybridized carbons (Fsp3) is 0.444. The van der Waals surface area contributed by atoms with Gasteiger partial charge in [-0.2, -0.15) is 0 Å². The van der Waals surface area contributed by atoms with Crippen LogP contribution in [-0.4, -0.2) is 39.6 Å². The van der Waals surface area contributed by atoms with Crippen LogP contribution in [0.25, 0.3) is 0 Å². The van der Waals surface area contributed by atoms with Gasteiger partial charge in [0.15, 0.2) is 0 Å². The summed E-state index contributed by atoms with van der Waals surface area (Å²) in [5.41, 5.74) is 3.15. The standard InChI is InChI=1S/C18H22N4OS/c1-24-14-6-2-12(3-7-14)10-22(13-4-5-13)18(23)17-16-15(8-9-19-17)20-11-21-16/h2-3,6-7,11,13,17,19H,4-5,8-10H2,1H3,(H,20,21)/t17-/m0/s1. The Morgan fingerprint density at radius 2 is 2.12 bits per heavy atom. The van der Waals surface area contributed by atoms with Gasteiger partial charge < -0.3 is 15.2 Å². The van der Waals surface area contributed by atoms with Crippen LogP contribution in [0.15, 0.2) is 35.5 Å². The maximum absolute atomic E-state index is 13.2. The second-order valence-corrected chi connectivity index (χ2v) is 7.33. The van der Waals surface area contributed by atoms with Crippen molar-refractivity contribution in [1.82, 2.24) is 20.2 Å². The minimum Gasteiger partial charge on any atom is -0.348 e. The molecule has 6 heteroatoms. The van der Waals surface area contributed by atoms with Gasteiger partial charge in [0, 0.05) is 36.1 Å². The van der Waals surface area contributed by atoms with Crippen molar-refractivity contribution in [3.05, 3.63) is 47.5 Å². The van der Waals surface area contributed by atoms with Crippen LogP contribution in [0.1, 0.15) is 35.8 Å². The van der Waals surface area contributed by atoms with Crippen LogP contribution in [0.2, 0.25) is 0 Å². The smallest absolute Gasteiger partial charge is 0.246 e. The van der Waals surface area contributed by atoms with E-state index >= 15 is 0 Å². The molecular formula is C18H22N4OS. The van der Waals surface area contributed by atoms with Gasteiger partial charge in [-0.3, -0.25) is 4.79 Å². The third-order valence-corrected chi connectivity index (χ3v) is 5.52. The van der Waals surface area contributed by atoms with Gasteiger partial charge in [-0.05, 0) is 36.8 Å². The minimum atomic E-state index is -0.314. The van der Waals surface area contributed by atoms with Crippen molar-refractivity contribution in [1.29, 1.82) is 0 Å². The Kier molecular flexibility index (Phi) is 4.33. The van der Waals surface area contributed by atoms with Crippen molar-refractivity contribution in [3.63, 3.8) is 0 Å². The third kappa shape index (κ3) is 3.08. The molecule has 0 radical (unpaired) electrons. The van der Waals surface area contributed by atoms with Crippen molar-refractivity contribution in [3.8, 4) is 0 Å². The molecule has 2 N–H and O–H groups in total. The monoisotopic (exact) mass is 342 g/mol. The molecule has 1 aliphatic carbocycles. The highest BCUT2D eigenvalue weighted by Gasteiger charge is 2.38. The zero-order chi connectivity index (χ0) is 16.5. The lowest BCUT2D eigenvalue weighted by molar-refractivity contribution is -0.135. The van der Waals surface area contributed by atoms with Gasteiger partial charge in [-0.15, -0.1) is 11.8 Å². The largest absolute Gasteiger partial charge is 0.348 e. The summed E-state index contributed by atoms with van der Waals surface area (Å²) in [6.07, 6.45) is 6.88. The molecule has 1 aromatic heterocycles. The molecule has 1 aromatic carbocycles. The number of aromatic nitrogens is 2. The summed E-state index contributed by atoms with van der Waals surface area (Å²) < 4.78 is 0. The molecule has 2 aromatic rings. The number of aromatic amines is 1. The first-order chi connectivity index (χ1) is 11.8. The van der Waals surface area contributed by atoms with E-state index in [-0.39, 0.29) is 11.9 Å². The number of fused-ring (bicyclic) bond motifs is 1. The molecule has 1 atom stereocenters. The van der Waals surface area contributed by atoms with Crippen molar-refractivity contribution in [2.75, 3.05) is 12.8 Å². The number of rotatable bonds is 5. The van der Waals surface area contributed by atoms with Gasteiger partial charge in [0.2, 0.25) is 5.91 Å². The number of carbonyl (C=O) groups excluding carboxylic acids is 1. The van der Waals surface area contributed by atoms with E-state index in [2.05, 4.69) is 45.8 Å². The van der Waals surface area contributed by atoms with Crippen LogP contribution in [0, 0.1) is 0 Å². The van der Waals surface area contributed by atoms with Crippen molar-refractivity contribution >= 4 is 17.7 Å². The highest BCUT2D eigenvalue weighted by Crippen LogP contribution is 2.32. The summed E-state index contributed by atoms with van der Waals surface area (Å²) in [6, 6.07) is 8.57. The van der Waals surface area contributed by atoms with E-state index in [0.29, 0.717) is 12.6 Å². The second kappa shape index (κ2) is 6.61. The predicted molar refractivity (Wildman–Crippen MR) is 94.8 cm³/mol. The Balaban J connectivity index is 1.54. The maximum atomic E-state index is 13.2.